The minimum atomic E-state index is -1.39. The lowest BCUT2D eigenvalue weighted by Crippen LogP contribution is -2.43. The first-order valence-corrected chi connectivity index (χ1v) is 8.11. The number of nitrogens with zero attached hydrogens (tertiary/aromatic N) is 1. The molecule has 2 aromatic carbocycles. The molecule has 3 rings (SSSR count). The molecule has 2 amide bonds. The standard InChI is InChI=1S/C19H17F2NO4/c20-16-8-4-7-14(17(16)21)15(10-23)18(24)22-13(11-26-19(22)25)9-12-5-2-1-3-6-12/h1-8,13,15,23H,9-11H2/t13-,15+/m0/s1. The Balaban J connectivity index is 1.87. The lowest BCUT2D eigenvalue weighted by molar-refractivity contribution is -0.131. The Bertz CT molecular complexity index is 812. The molecule has 0 unspecified atom stereocenters. The Morgan fingerprint density at radius 3 is 2.62 bits per heavy atom. The molecule has 2 atom stereocenters. The predicted octanol–water partition coefficient (Wildman–Crippen LogP) is 2.63. The summed E-state index contributed by atoms with van der Waals surface area (Å²) in [6.45, 7) is -0.760. The summed E-state index contributed by atoms with van der Waals surface area (Å²) in [7, 11) is 0. The van der Waals surface area contributed by atoms with Gasteiger partial charge in [-0.15, -0.1) is 0 Å². The average Bonchev–Trinajstić information content (AvgIpc) is 3.00. The molecular weight excluding hydrogens is 344 g/mol. The van der Waals surface area contributed by atoms with Gasteiger partial charge in [0, 0.05) is 5.56 Å². The topological polar surface area (TPSA) is 66.8 Å². The maximum absolute atomic E-state index is 14.1. The number of carbonyl (C=O) groups is 2. The molecule has 7 heteroatoms. The fourth-order valence-corrected chi connectivity index (χ4v) is 3.03. The number of imide groups is 1. The summed E-state index contributed by atoms with van der Waals surface area (Å²) < 4.78 is 32.5. The van der Waals surface area contributed by atoms with Gasteiger partial charge in [-0.25, -0.2) is 18.5 Å². The highest BCUT2D eigenvalue weighted by Gasteiger charge is 2.41. The van der Waals surface area contributed by atoms with Crippen molar-refractivity contribution < 1.29 is 28.2 Å². The number of hydrogen-bond donors (Lipinski definition) is 1. The molecule has 1 fully saturated rings. The zero-order valence-corrected chi connectivity index (χ0v) is 13.8. The van der Waals surface area contributed by atoms with Crippen molar-refractivity contribution in [2.24, 2.45) is 0 Å². The van der Waals surface area contributed by atoms with Gasteiger partial charge in [0.2, 0.25) is 5.91 Å². The molecule has 0 spiro atoms. The van der Waals surface area contributed by atoms with Gasteiger partial charge in [-0.1, -0.05) is 42.5 Å². The number of amides is 2. The van der Waals surface area contributed by atoms with Crippen molar-refractivity contribution in [3.8, 4) is 0 Å². The van der Waals surface area contributed by atoms with E-state index in [4.69, 9.17) is 4.74 Å². The van der Waals surface area contributed by atoms with E-state index in [1.54, 1.807) is 0 Å². The van der Waals surface area contributed by atoms with Crippen LogP contribution >= 0.6 is 0 Å². The van der Waals surface area contributed by atoms with Crippen LogP contribution < -0.4 is 0 Å². The molecule has 0 aromatic heterocycles. The van der Waals surface area contributed by atoms with E-state index in [-0.39, 0.29) is 12.2 Å². The molecule has 1 saturated heterocycles. The van der Waals surface area contributed by atoms with Crippen LogP contribution in [0.15, 0.2) is 48.5 Å². The molecule has 0 radical (unpaired) electrons. The molecule has 2 aromatic rings. The van der Waals surface area contributed by atoms with E-state index in [2.05, 4.69) is 0 Å². The van der Waals surface area contributed by atoms with Crippen molar-refractivity contribution in [2.75, 3.05) is 13.2 Å². The number of cyclic esters (lactones) is 1. The first-order chi connectivity index (χ1) is 12.5. The zero-order chi connectivity index (χ0) is 18.7. The quantitative estimate of drug-likeness (QED) is 0.889. The molecule has 5 nitrogen and oxygen atoms in total. The van der Waals surface area contributed by atoms with Gasteiger partial charge in [0.1, 0.15) is 6.61 Å². The van der Waals surface area contributed by atoms with Crippen molar-refractivity contribution >= 4 is 12.0 Å². The van der Waals surface area contributed by atoms with Gasteiger partial charge in [0.15, 0.2) is 11.6 Å². The van der Waals surface area contributed by atoms with E-state index in [9.17, 15) is 23.5 Å². The molecule has 1 aliphatic heterocycles. The largest absolute Gasteiger partial charge is 0.447 e. The van der Waals surface area contributed by atoms with Gasteiger partial charge in [-0.2, -0.15) is 0 Å². The molecule has 0 saturated carbocycles. The first-order valence-electron chi connectivity index (χ1n) is 8.11. The van der Waals surface area contributed by atoms with Crippen LogP contribution in [0.1, 0.15) is 17.0 Å². The van der Waals surface area contributed by atoms with Crippen LogP contribution in [0.2, 0.25) is 0 Å². The van der Waals surface area contributed by atoms with Crippen LogP contribution in [0.3, 0.4) is 0 Å². The summed E-state index contributed by atoms with van der Waals surface area (Å²) >= 11 is 0. The van der Waals surface area contributed by atoms with Gasteiger partial charge in [-0.3, -0.25) is 4.79 Å². The van der Waals surface area contributed by atoms with Crippen molar-refractivity contribution in [1.82, 2.24) is 4.90 Å². The molecular formula is C19H17F2NO4. The van der Waals surface area contributed by atoms with Crippen LogP contribution in [0.4, 0.5) is 13.6 Å². The summed E-state index contributed by atoms with van der Waals surface area (Å²) in [4.78, 5) is 25.8. The highest BCUT2D eigenvalue weighted by Crippen LogP contribution is 2.27. The number of ether oxygens (including phenoxy) is 1. The fourth-order valence-electron chi connectivity index (χ4n) is 3.03. The number of aliphatic hydroxyl groups is 1. The van der Waals surface area contributed by atoms with E-state index in [0.29, 0.717) is 6.42 Å². The lowest BCUT2D eigenvalue weighted by Gasteiger charge is -2.24. The van der Waals surface area contributed by atoms with Crippen molar-refractivity contribution in [3.05, 3.63) is 71.3 Å². The first kappa shape index (κ1) is 18.0. The SMILES string of the molecule is O=C1OC[C@H](Cc2ccccc2)N1C(=O)[C@H](CO)c1cccc(F)c1F. The van der Waals surface area contributed by atoms with Gasteiger partial charge in [0.05, 0.1) is 18.6 Å². The summed E-state index contributed by atoms with van der Waals surface area (Å²) in [5, 5.41) is 9.60. The maximum Gasteiger partial charge on any atom is 0.417 e. The van der Waals surface area contributed by atoms with E-state index >= 15 is 0 Å². The van der Waals surface area contributed by atoms with Crippen LogP contribution in [0.5, 0.6) is 0 Å². The van der Waals surface area contributed by atoms with E-state index in [0.717, 1.165) is 16.5 Å². The number of halogens is 2. The second kappa shape index (κ2) is 7.61. The van der Waals surface area contributed by atoms with Crippen LogP contribution in [0.25, 0.3) is 0 Å². The zero-order valence-electron chi connectivity index (χ0n) is 13.8. The fraction of sp³-hybridized carbons (Fsp3) is 0.263. The molecule has 0 aliphatic carbocycles. The number of benzene rings is 2. The third-order valence-corrected chi connectivity index (χ3v) is 4.35. The minimum absolute atomic E-state index is 0.00322. The van der Waals surface area contributed by atoms with Gasteiger partial charge in [0.25, 0.3) is 0 Å². The normalized spacial score (nSPS) is 17.9. The number of carbonyl (C=O) groups excluding carboxylic acids is 2. The lowest BCUT2D eigenvalue weighted by atomic mass is 9.96. The van der Waals surface area contributed by atoms with E-state index in [1.807, 2.05) is 30.3 Å². The predicted molar refractivity (Wildman–Crippen MR) is 88.3 cm³/mol. The highest BCUT2D eigenvalue weighted by molar-refractivity contribution is 5.97. The molecule has 1 aliphatic rings. The number of aliphatic hydroxyl groups excluding tert-OH is 1. The van der Waals surface area contributed by atoms with Gasteiger partial charge < -0.3 is 9.84 Å². The van der Waals surface area contributed by atoms with E-state index < -0.39 is 42.2 Å². The Kier molecular flexibility index (Phi) is 5.27. The molecule has 26 heavy (non-hydrogen) atoms. The summed E-state index contributed by atoms with van der Waals surface area (Å²) in [6.07, 6.45) is -0.492. The Morgan fingerprint density at radius 2 is 1.92 bits per heavy atom. The average molecular weight is 361 g/mol. The van der Waals surface area contributed by atoms with Crippen LogP contribution in [-0.4, -0.2) is 41.3 Å². The highest BCUT2D eigenvalue weighted by atomic mass is 19.2. The Morgan fingerprint density at radius 1 is 1.19 bits per heavy atom. The maximum atomic E-state index is 14.1. The van der Waals surface area contributed by atoms with Crippen molar-refractivity contribution in [1.29, 1.82) is 0 Å². The smallest absolute Gasteiger partial charge is 0.417 e. The Hall–Kier alpha value is -2.80. The summed E-state index contributed by atoms with van der Waals surface area (Å²) in [6, 6.07) is 12.0. The van der Waals surface area contributed by atoms with Crippen LogP contribution in [-0.2, 0) is 16.0 Å². The van der Waals surface area contributed by atoms with Crippen molar-refractivity contribution in [2.45, 2.75) is 18.4 Å². The molecule has 1 heterocycles. The summed E-state index contributed by atoms with van der Waals surface area (Å²) in [5.74, 6) is -4.55. The van der Waals surface area contributed by atoms with Crippen LogP contribution in [0, 0.1) is 11.6 Å². The Labute approximate surface area is 148 Å². The third kappa shape index (κ3) is 3.43. The molecule has 136 valence electrons. The number of hydrogen-bond acceptors (Lipinski definition) is 4. The second-order valence-corrected chi connectivity index (χ2v) is 6.01. The third-order valence-electron chi connectivity index (χ3n) is 4.35. The molecule has 0 bridgehead atoms. The van der Waals surface area contributed by atoms with E-state index in [1.165, 1.54) is 12.1 Å². The van der Waals surface area contributed by atoms with Gasteiger partial charge >= 0.3 is 6.09 Å². The van der Waals surface area contributed by atoms with Gasteiger partial charge in [-0.05, 0) is 18.1 Å². The number of rotatable bonds is 5. The second-order valence-electron chi connectivity index (χ2n) is 6.01. The minimum Gasteiger partial charge on any atom is -0.447 e. The molecule has 1 N–H and O–H groups in total. The van der Waals surface area contributed by atoms with Crippen molar-refractivity contribution in [3.63, 3.8) is 0 Å². The summed E-state index contributed by atoms with van der Waals surface area (Å²) in [5.41, 5.74) is 0.599. The monoisotopic (exact) mass is 361 g/mol.